The van der Waals surface area contributed by atoms with E-state index in [1.54, 1.807) is 13.0 Å². The van der Waals surface area contributed by atoms with Gasteiger partial charge in [-0.25, -0.2) is 0 Å². The van der Waals surface area contributed by atoms with Gasteiger partial charge in [-0.3, -0.25) is 20.2 Å². The van der Waals surface area contributed by atoms with Crippen molar-refractivity contribution < 1.29 is 14.5 Å². The van der Waals surface area contributed by atoms with Gasteiger partial charge in [0.05, 0.1) is 9.40 Å². The Labute approximate surface area is 170 Å². The number of halogens is 1. The summed E-state index contributed by atoms with van der Waals surface area (Å²) in [5.74, 6) is 0.144. The third-order valence-corrected chi connectivity index (χ3v) is 4.51. The van der Waals surface area contributed by atoms with E-state index in [-0.39, 0.29) is 17.4 Å². The van der Waals surface area contributed by atoms with Crippen molar-refractivity contribution in [3.63, 3.8) is 0 Å². The summed E-state index contributed by atoms with van der Waals surface area (Å²) in [4.78, 5) is 22.3. The second-order valence-electron chi connectivity index (χ2n) is 5.67. The fourth-order valence-electron chi connectivity index (χ4n) is 2.24. The molecule has 142 valence electrons. The van der Waals surface area contributed by atoms with Crippen molar-refractivity contribution in [3.8, 4) is 5.75 Å². The summed E-state index contributed by atoms with van der Waals surface area (Å²) >= 11 is 8.52. The van der Waals surface area contributed by atoms with Gasteiger partial charge < -0.3 is 10.1 Å². The number of nitrogens with zero attached hydrogens (tertiary/aromatic N) is 1. The van der Waals surface area contributed by atoms with Crippen LogP contribution in [0, 0.1) is 17.0 Å². The zero-order chi connectivity index (χ0) is 20.0. The summed E-state index contributed by atoms with van der Waals surface area (Å²) in [5, 5.41) is 16.2. The highest BCUT2D eigenvalue weighted by Gasteiger charge is 2.11. The fraction of sp³-hybridized carbons (Fsp3) is 0.222. The summed E-state index contributed by atoms with van der Waals surface area (Å²) in [6.45, 7) is 3.56. The summed E-state index contributed by atoms with van der Waals surface area (Å²) in [6, 6.07) is 9.99. The lowest BCUT2D eigenvalue weighted by Crippen LogP contribution is -2.37. The maximum absolute atomic E-state index is 12.0. The van der Waals surface area contributed by atoms with Gasteiger partial charge >= 0.3 is 0 Å². The Balaban J connectivity index is 1.89. The van der Waals surface area contributed by atoms with Gasteiger partial charge in [0, 0.05) is 17.8 Å². The zero-order valence-electron chi connectivity index (χ0n) is 14.7. The minimum absolute atomic E-state index is 0.0129. The number of carbonyl (C=O) groups excluding carboxylic acids is 1. The first-order valence-corrected chi connectivity index (χ1v) is 9.27. The number of benzene rings is 2. The third-order valence-electron chi connectivity index (χ3n) is 3.69. The average Bonchev–Trinajstić information content (AvgIpc) is 2.62. The molecule has 27 heavy (non-hydrogen) atoms. The van der Waals surface area contributed by atoms with E-state index in [1.165, 1.54) is 18.2 Å². The van der Waals surface area contributed by atoms with Crippen LogP contribution < -0.4 is 15.4 Å². The number of anilines is 1. The summed E-state index contributed by atoms with van der Waals surface area (Å²) in [5.41, 5.74) is 2.35. The molecule has 0 radical (unpaired) electrons. The molecule has 0 heterocycles. The highest BCUT2D eigenvalue weighted by Crippen LogP contribution is 2.26. The third kappa shape index (κ3) is 6.00. The standard InChI is InChI=1S/C18H18BrN3O4S/c1-3-12-4-7-16(14(19)9-12)26-10-17(23)21-18(27)20-15-6-5-13(22(24)25)8-11(15)2/h4-9H,3,10H2,1-2H3,(H2,20,21,23,27). The molecule has 2 N–H and O–H groups in total. The van der Waals surface area contributed by atoms with Crippen LogP contribution in [0.25, 0.3) is 0 Å². The number of hydrogen-bond donors (Lipinski definition) is 2. The monoisotopic (exact) mass is 451 g/mol. The molecule has 0 fully saturated rings. The quantitative estimate of drug-likeness (QED) is 0.389. The van der Waals surface area contributed by atoms with Crippen LogP contribution in [-0.4, -0.2) is 22.5 Å². The van der Waals surface area contributed by atoms with Crippen LogP contribution in [-0.2, 0) is 11.2 Å². The van der Waals surface area contributed by atoms with E-state index in [4.69, 9.17) is 17.0 Å². The van der Waals surface area contributed by atoms with E-state index >= 15 is 0 Å². The molecule has 7 nitrogen and oxygen atoms in total. The summed E-state index contributed by atoms with van der Waals surface area (Å²) < 4.78 is 6.27. The molecule has 0 bridgehead atoms. The Hall–Kier alpha value is -2.52. The lowest BCUT2D eigenvalue weighted by Gasteiger charge is -2.13. The van der Waals surface area contributed by atoms with Crippen molar-refractivity contribution in [2.45, 2.75) is 20.3 Å². The number of nitro groups is 1. The predicted molar refractivity (Wildman–Crippen MR) is 111 cm³/mol. The van der Waals surface area contributed by atoms with Gasteiger partial charge in [0.2, 0.25) is 0 Å². The molecule has 0 saturated carbocycles. The second kappa shape index (κ2) is 9.43. The SMILES string of the molecule is CCc1ccc(OCC(=O)NC(=S)Nc2ccc([N+](=O)[O-])cc2C)c(Br)c1. The first-order chi connectivity index (χ1) is 12.8. The number of thiocarbonyl (C=S) groups is 1. The van der Waals surface area contributed by atoms with Crippen molar-refractivity contribution in [1.82, 2.24) is 5.32 Å². The number of aryl methyl sites for hydroxylation is 2. The molecular weight excluding hydrogens is 434 g/mol. The summed E-state index contributed by atoms with van der Waals surface area (Å²) in [7, 11) is 0. The van der Waals surface area contributed by atoms with E-state index in [2.05, 4.69) is 33.5 Å². The second-order valence-corrected chi connectivity index (χ2v) is 6.93. The molecule has 0 aliphatic heterocycles. The van der Waals surface area contributed by atoms with Crippen molar-refractivity contribution in [2.75, 3.05) is 11.9 Å². The number of nitro benzene ring substituents is 1. The molecule has 1 amide bonds. The van der Waals surface area contributed by atoms with Gasteiger partial charge in [-0.2, -0.15) is 0 Å². The molecule has 2 rings (SSSR count). The molecular formula is C18H18BrN3O4S. The first-order valence-electron chi connectivity index (χ1n) is 8.07. The molecule has 0 aliphatic carbocycles. The zero-order valence-corrected chi connectivity index (χ0v) is 17.1. The molecule has 0 aromatic heterocycles. The average molecular weight is 452 g/mol. The van der Waals surface area contributed by atoms with E-state index in [0.29, 0.717) is 17.0 Å². The van der Waals surface area contributed by atoms with Crippen molar-refractivity contribution >= 4 is 50.5 Å². The maximum Gasteiger partial charge on any atom is 0.269 e. The van der Waals surface area contributed by atoms with Crippen LogP contribution in [0.5, 0.6) is 5.75 Å². The number of non-ortho nitro benzene ring substituents is 1. The van der Waals surface area contributed by atoms with Crippen molar-refractivity contribution in [2.24, 2.45) is 0 Å². The van der Waals surface area contributed by atoms with Crippen LogP contribution in [0.3, 0.4) is 0 Å². The van der Waals surface area contributed by atoms with Gasteiger partial charge in [0.25, 0.3) is 11.6 Å². The number of carbonyl (C=O) groups is 1. The number of hydrogen-bond acceptors (Lipinski definition) is 5. The molecule has 9 heteroatoms. The largest absolute Gasteiger partial charge is 0.483 e. The van der Waals surface area contributed by atoms with E-state index in [1.807, 2.05) is 12.1 Å². The van der Waals surface area contributed by atoms with Crippen LogP contribution in [0.4, 0.5) is 11.4 Å². The lowest BCUT2D eigenvalue weighted by atomic mass is 10.2. The molecule has 0 spiro atoms. The van der Waals surface area contributed by atoms with E-state index in [0.717, 1.165) is 16.5 Å². The van der Waals surface area contributed by atoms with Gasteiger partial charge in [-0.1, -0.05) is 13.0 Å². The van der Waals surface area contributed by atoms with E-state index in [9.17, 15) is 14.9 Å². The number of amides is 1. The van der Waals surface area contributed by atoms with E-state index < -0.39 is 10.8 Å². The molecule has 2 aromatic rings. The Morgan fingerprint density at radius 2 is 2.04 bits per heavy atom. The minimum atomic E-state index is -0.473. The Bertz CT molecular complexity index is 889. The normalized spacial score (nSPS) is 10.2. The molecule has 0 atom stereocenters. The lowest BCUT2D eigenvalue weighted by molar-refractivity contribution is -0.384. The van der Waals surface area contributed by atoms with Crippen LogP contribution >= 0.6 is 28.1 Å². The van der Waals surface area contributed by atoms with Crippen LogP contribution in [0.1, 0.15) is 18.1 Å². The van der Waals surface area contributed by atoms with Gasteiger partial charge in [-0.05, 0) is 70.8 Å². The molecule has 0 aliphatic rings. The highest BCUT2D eigenvalue weighted by atomic mass is 79.9. The number of nitrogens with one attached hydrogen (secondary N) is 2. The summed E-state index contributed by atoms with van der Waals surface area (Å²) in [6.07, 6.45) is 0.904. The Morgan fingerprint density at radius 3 is 2.63 bits per heavy atom. The van der Waals surface area contributed by atoms with Crippen molar-refractivity contribution in [1.29, 1.82) is 0 Å². The Morgan fingerprint density at radius 1 is 1.30 bits per heavy atom. The minimum Gasteiger partial charge on any atom is -0.483 e. The van der Waals surface area contributed by atoms with Gasteiger partial charge in [-0.15, -0.1) is 0 Å². The smallest absolute Gasteiger partial charge is 0.269 e. The topological polar surface area (TPSA) is 93.5 Å². The predicted octanol–water partition coefficient (Wildman–Crippen LogP) is 4.12. The molecule has 0 unspecified atom stereocenters. The first kappa shape index (κ1) is 20.8. The number of ether oxygens (including phenoxy) is 1. The molecule has 0 saturated heterocycles. The molecule has 2 aromatic carbocycles. The Kier molecular flexibility index (Phi) is 7.26. The van der Waals surface area contributed by atoms with Gasteiger partial charge in [0.1, 0.15) is 5.75 Å². The fourth-order valence-corrected chi connectivity index (χ4v) is 3.01. The highest BCUT2D eigenvalue weighted by molar-refractivity contribution is 9.10. The van der Waals surface area contributed by atoms with Crippen LogP contribution in [0.2, 0.25) is 0 Å². The van der Waals surface area contributed by atoms with Crippen LogP contribution in [0.15, 0.2) is 40.9 Å². The number of rotatable bonds is 6. The maximum atomic E-state index is 12.0. The van der Waals surface area contributed by atoms with Crippen molar-refractivity contribution in [3.05, 3.63) is 62.1 Å². The van der Waals surface area contributed by atoms with Gasteiger partial charge in [0.15, 0.2) is 11.7 Å².